The Morgan fingerprint density at radius 2 is 2.10 bits per heavy atom. The molecule has 0 aliphatic rings. The Hall–Kier alpha value is -2.46. The van der Waals surface area contributed by atoms with Gasteiger partial charge in [0.15, 0.2) is 0 Å². The molecule has 0 fully saturated rings. The lowest BCUT2D eigenvalue weighted by Crippen LogP contribution is -2.10. The van der Waals surface area contributed by atoms with E-state index in [1.54, 1.807) is 24.3 Å². The molecule has 0 aliphatic heterocycles. The van der Waals surface area contributed by atoms with E-state index >= 15 is 0 Å². The van der Waals surface area contributed by atoms with Crippen LogP contribution in [0.5, 0.6) is 0 Å². The Morgan fingerprint density at radius 3 is 2.71 bits per heavy atom. The van der Waals surface area contributed by atoms with Crippen LogP contribution in [0.4, 0.5) is 4.39 Å². The minimum absolute atomic E-state index is 0.114. The van der Waals surface area contributed by atoms with E-state index in [4.69, 9.17) is 9.74 Å². The first-order chi connectivity index (χ1) is 10.1. The largest absolute Gasteiger partial charge is 0.478 e. The van der Waals surface area contributed by atoms with E-state index in [0.29, 0.717) is 11.5 Å². The lowest BCUT2D eigenvalue weighted by atomic mass is 10.1. The van der Waals surface area contributed by atoms with Crippen molar-refractivity contribution in [2.75, 3.05) is 0 Å². The molecule has 1 unspecified atom stereocenters. The molecule has 0 radical (unpaired) electrons. The van der Waals surface area contributed by atoms with Gasteiger partial charge in [0.1, 0.15) is 5.82 Å². The molecule has 7 heteroatoms. The van der Waals surface area contributed by atoms with Crippen LogP contribution < -0.4 is 5.30 Å². The Kier molecular flexibility index (Phi) is 3.31. The van der Waals surface area contributed by atoms with Crippen LogP contribution in [0.15, 0.2) is 47.1 Å². The van der Waals surface area contributed by atoms with Crippen molar-refractivity contribution in [1.82, 2.24) is 9.90 Å². The van der Waals surface area contributed by atoms with Gasteiger partial charge in [-0.1, -0.05) is 12.1 Å². The van der Waals surface area contributed by atoms with Crippen LogP contribution in [0.2, 0.25) is 0 Å². The van der Waals surface area contributed by atoms with E-state index in [0.717, 1.165) is 5.30 Å². The van der Waals surface area contributed by atoms with Gasteiger partial charge in [0.05, 0.1) is 16.8 Å². The third kappa shape index (κ3) is 2.45. The number of aromatic nitrogens is 2. The van der Waals surface area contributed by atoms with Gasteiger partial charge in [-0.15, -0.1) is 14.0 Å². The van der Waals surface area contributed by atoms with Gasteiger partial charge >= 0.3 is 5.97 Å². The predicted octanol–water partition coefficient (Wildman–Crippen LogP) is 2.47. The molecular formula is C14H10FN2O3P. The second kappa shape index (κ2) is 5.14. The molecule has 0 aliphatic carbocycles. The lowest BCUT2D eigenvalue weighted by Gasteiger charge is -2.13. The summed E-state index contributed by atoms with van der Waals surface area (Å²) in [4.78, 5) is 11.0. The zero-order valence-electron chi connectivity index (χ0n) is 10.7. The van der Waals surface area contributed by atoms with Crippen molar-refractivity contribution in [3.63, 3.8) is 0 Å². The molecule has 1 N–H and O–H groups in total. The summed E-state index contributed by atoms with van der Waals surface area (Å²) in [5, 5.41) is 13.4. The van der Waals surface area contributed by atoms with Crippen molar-refractivity contribution in [2.45, 2.75) is 0 Å². The SMILES string of the molecule is O=C(O)c1cccc(-n2onc2-c2ccc(P)cc2F)c1. The van der Waals surface area contributed by atoms with Crippen LogP contribution in [0.1, 0.15) is 10.4 Å². The quantitative estimate of drug-likeness (QED) is 0.755. The van der Waals surface area contributed by atoms with E-state index < -0.39 is 11.8 Å². The highest BCUT2D eigenvalue weighted by molar-refractivity contribution is 7.27. The summed E-state index contributed by atoms with van der Waals surface area (Å²) in [6.07, 6.45) is 0. The molecule has 21 heavy (non-hydrogen) atoms. The van der Waals surface area contributed by atoms with E-state index in [-0.39, 0.29) is 11.1 Å². The van der Waals surface area contributed by atoms with Gasteiger partial charge in [-0.3, -0.25) is 4.63 Å². The number of hydrogen-bond donors (Lipinski definition) is 1. The van der Waals surface area contributed by atoms with Crippen LogP contribution in [-0.4, -0.2) is 21.0 Å². The summed E-state index contributed by atoms with van der Waals surface area (Å²) in [6.45, 7) is 0. The molecule has 1 atom stereocenters. The predicted molar refractivity (Wildman–Crippen MR) is 77.5 cm³/mol. The number of rotatable bonds is 3. The van der Waals surface area contributed by atoms with Crippen molar-refractivity contribution in [3.05, 3.63) is 53.8 Å². The smallest absolute Gasteiger partial charge is 0.335 e. The van der Waals surface area contributed by atoms with Crippen molar-refractivity contribution in [2.24, 2.45) is 0 Å². The van der Waals surface area contributed by atoms with E-state index in [2.05, 4.69) is 14.4 Å². The van der Waals surface area contributed by atoms with Crippen LogP contribution in [0.3, 0.4) is 0 Å². The third-order valence-corrected chi connectivity index (χ3v) is 3.32. The van der Waals surface area contributed by atoms with Crippen LogP contribution >= 0.6 is 9.24 Å². The topological polar surface area (TPSA) is 68.3 Å². The van der Waals surface area contributed by atoms with Gasteiger partial charge in [-0.25, -0.2) is 9.18 Å². The van der Waals surface area contributed by atoms with Crippen LogP contribution in [0, 0.1) is 5.82 Å². The molecule has 3 aromatic rings. The molecule has 0 saturated carbocycles. The number of halogens is 1. The molecule has 1 heterocycles. The molecule has 0 saturated heterocycles. The fraction of sp³-hybridized carbons (Fsp3) is 0. The zero-order chi connectivity index (χ0) is 15.0. The summed E-state index contributed by atoms with van der Waals surface area (Å²) >= 11 is 0. The van der Waals surface area contributed by atoms with Gasteiger partial charge in [0.2, 0.25) is 5.82 Å². The second-order valence-electron chi connectivity index (χ2n) is 4.39. The second-order valence-corrected chi connectivity index (χ2v) is 5.05. The molecule has 5 nitrogen and oxygen atoms in total. The molecule has 3 rings (SSSR count). The Bertz CT molecular complexity index is 825. The average Bonchev–Trinajstić information content (AvgIpc) is 2.41. The Balaban J connectivity index is 2.04. The molecular weight excluding hydrogens is 294 g/mol. The highest BCUT2D eigenvalue weighted by Crippen LogP contribution is 2.25. The molecule has 0 amide bonds. The molecule has 2 aromatic carbocycles. The van der Waals surface area contributed by atoms with Gasteiger partial charge in [0, 0.05) is 0 Å². The molecule has 106 valence electrons. The fourth-order valence-corrected chi connectivity index (χ4v) is 2.17. The summed E-state index contributed by atoms with van der Waals surface area (Å²) in [5.74, 6) is -1.18. The molecule has 0 bridgehead atoms. The highest BCUT2D eigenvalue weighted by atomic mass is 31.0. The lowest BCUT2D eigenvalue weighted by molar-refractivity contribution is 0.0696. The van der Waals surface area contributed by atoms with Gasteiger partial charge in [-0.2, -0.15) is 0 Å². The highest BCUT2D eigenvalue weighted by Gasteiger charge is 2.18. The summed E-state index contributed by atoms with van der Waals surface area (Å²) < 4.78 is 20.2. The normalized spacial score (nSPS) is 10.8. The first-order valence-corrected chi connectivity index (χ1v) is 6.58. The van der Waals surface area contributed by atoms with Crippen molar-refractivity contribution >= 4 is 20.5 Å². The Labute approximate surface area is 121 Å². The van der Waals surface area contributed by atoms with Crippen molar-refractivity contribution < 1.29 is 18.9 Å². The van der Waals surface area contributed by atoms with E-state index in [1.165, 1.54) is 22.9 Å². The van der Waals surface area contributed by atoms with Gasteiger partial charge in [-0.05, 0) is 40.8 Å². The first-order valence-electron chi connectivity index (χ1n) is 6.00. The number of carbonyl (C=O) groups is 1. The monoisotopic (exact) mass is 304 g/mol. The average molecular weight is 304 g/mol. The minimum atomic E-state index is -1.05. The van der Waals surface area contributed by atoms with Crippen LogP contribution in [0.25, 0.3) is 17.1 Å². The maximum atomic E-state index is 13.9. The summed E-state index contributed by atoms with van der Waals surface area (Å²) in [6, 6.07) is 10.8. The number of carboxylic acid groups (broad SMARTS) is 1. The summed E-state index contributed by atoms with van der Waals surface area (Å²) in [5.41, 5.74) is 0.866. The first kappa shape index (κ1) is 13.5. The number of benzene rings is 2. The van der Waals surface area contributed by atoms with Gasteiger partial charge in [0.25, 0.3) is 0 Å². The zero-order valence-corrected chi connectivity index (χ0v) is 11.8. The summed E-state index contributed by atoms with van der Waals surface area (Å²) in [7, 11) is 2.41. The Morgan fingerprint density at radius 1 is 1.29 bits per heavy atom. The van der Waals surface area contributed by atoms with Crippen LogP contribution in [-0.2, 0) is 0 Å². The van der Waals surface area contributed by atoms with E-state index in [1.807, 2.05) is 0 Å². The minimum Gasteiger partial charge on any atom is -0.478 e. The standard InChI is InChI=1S/C14H10FN2O3P/c15-12-7-10(21)4-5-11(12)13-16-20-17(13)9-3-1-2-8(6-9)14(18)19/h1-7H,21H2,(H,18,19). The molecule has 0 spiro atoms. The number of nitrogens with zero attached hydrogens (tertiary/aromatic N) is 2. The molecule has 1 aromatic heterocycles. The van der Waals surface area contributed by atoms with Crippen molar-refractivity contribution in [3.8, 4) is 17.1 Å². The van der Waals surface area contributed by atoms with Crippen molar-refractivity contribution in [1.29, 1.82) is 0 Å². The maximum absolute atomic E-state index is 13.9. The van der Waals surface area contributed by atoms with Gasteiger partial charge < -0.3 is 5.11 Å². The number of carboxylic acids is 1. The number of hydrogen-bond acceptors (Lipinski definition) is 3. The fourth-order valence-electron chi connectivity index (χ4n) is 1.93. The van der Waals surface area contributed by atoms with E-state index in [9.17, 15) is 9.18 Å². The number of aromatic carboxylic acids is 1. The third-order valence-electron chi connectivity index (χ3n) is 2.96. The maximum Gasteiger partial charge on any atom is 0.335 e.